The lowest BCUT2D eigenvalue weighted by atomic mass is 10.1. The summed E-state index contributed by atoms with van der Waals surface area (Å²) >= 11 is 0. The Labute approximate surface area is 151 Å². The molecule has 3 aromatic rings. The fourth-order valence-corrected chi connectivity index (χ4v) is 2.56. The zero-order valence-electron chi connectivity index (χ0n) is 14.5. The molecular weight excluding hydrogens is 330 g/mol. The van der Waals surface area contributed by atoms with Gasteiger partial charge in [0.25, 0.3) is 0 Å². The Morgan fingerprint density at radius 2 is 1.77 bits per heavy atom. The number of nitrogens with one attached hydrogen (secondary N) is 2. The molecule has 26 heavy (non-hydrogen) atoms. The van der Waals surface area contributed by atoms with Crippen molar-refractivity contribution in [3.63, 3.8) is 0 Å². The van der Waals surface area contributed by atoms with Gasteiger partial charge in [-0.25, -0.2) is 4.98 Å². The average Bonchev–Trinajstić information content (AvgIpc) is 2.64. The molecular formula is C19H19N5O2. The van der Waals surface area contributed by atoms with E-state index in [4.69, 9.17) is 5.11 Å². The van der Waals surface area contributed by atoms with Crippen LogP contribution in [-0.2, 0) is 4.79 Å². The Hall–Kier alpha value is -3.48. The van der Waals surface area contributed by atoms with Crippen molar-refractivity contribution in [3.05, 3.63) is 59.9 Å². The second kappa shape index (κ2) is 7.60. The van der Waals surface area contributed by atoms with Gasteiger partial charge in [-0.3, -0.25) is 9.78 Å². The number of carboxylic acid groups (broad SMARTS) is 1. The van der Waals surface area contributed by atoms with Crippen LogP contribution in [0.1, 0.15) is 11.1 Å². The standard InChI is InChI=1S/C19H19N5O2/c1-12-4-3-5-13(2)18(12)23-16-10-15(14-6-8-20-9-7-14)22-19(24-16)21-11-17(25)26/h3-10H,11H2,1-2H3,(H,25,26)(H2,21,22,23,24). The smallest absolute Gasteiger partial charge is 0.322 e. The summed E-state index contributed by atoms with van der Waals surface area (Å²) in [5, 5.41) is 15.0. The maximum Gasteiger partial charge on any atom is 0.322 e. The van der Waals surface area contributed by atoms with E-state index < -0.39 is 5.97 Å². The number of carbonyl (C=O) groups is 1. The van der Waals surface area contributed by atoms with Crippen LogP contribution in [0.4, 0.5) is 17.5 Å². The molecule has 0 atom stereocenters. The van der Waals surface area contributed by atoms with Gasteiger partial charge in [-0.2, -0.15) is 4.98 Å². The molecule has 3 N–H and O–H groups in total. The first-order chi connectivity index (χ1) is 12.5. The van der Waals surface area contributed by atoms with Crippen molar-refractivity contribution in [3.8, 4) is 11.3 Å². The summed E-state index contributed by atoms with van der Waals surface area (Å²) in [5.41, 5.74) is 4.69. The Bertz CT molecular complexity index is 908. The van der Waals surface area contributed by atoms with Crippen molar-refractivity contribution in [2.75, 3.05) is 17.2 Å². The number of benzene rings is 1. The Morgan fingerprint density at radius 3 is 2.42 bits per heavy atom. The molecule has 0 saturated heterocycles. The predicted molar refractivity (Wildman–Crippen MR) is 101 cm³/mol. The predicted octanol–water partition coefficient (Wildman–Crippen LogP) is 3.40. The molecule has 0 aliphatic heterocycles. The molecule has 0 aliphatic rings. The van der Waals surface area contributed by atoms with E-state index in [1.807, 2.05) is 50.2 Å². The summed E-state index contributed by atoms with van der Waals surface area (Å²) < 4.78 is 0. The number of hydrogen-bond donors (Lipinski definition) is 3. The molecule has 7 heteroatoms. The minimum absolute atomic E-state index is 0.246. The number of pyridine rings is 1. The summed E-state index contributed by atoms with van der Waals surface area (Å²) in [5.74, 6) is -0.153. The van der Waals surface area contributed by atoms with Gasteiger partial charge in [0.2, 0.25) is 5.95 Å². The van der Waals surface area contributed by atoms with Gasteiger partial charge in [0.05, 0.1) is 5.69 Å². The Balaban J connectivity index is 2.00. The highest BCUT2D eigenvalue weighted by Crippen LogP contribution is 2.26. The van der Waals surface area contributed by atoms with Crippen molar-refractivity contribution in [2.24, 2.45) is 0 Å². The molecule has 0 spiro atoms. The number of aliphatic carboxylic acids is 1. The average molecular weight is 349 g/mol. The number of rotatable bonds is 6. The van der Waals surface area contributed by atoms with Gasteiger partial charge in [0.1, 0.15) is 12.4 Å². The van der Waals surface area contributed by atoms with Crippen LogP contribution in [0.15, 0.2) is 48.8 Å². The number of carboxylic acids is 1. The third-order valence-corrected chi connectivity index (χ3v) is 3.83. The highest BCUT2D eigenvalue weighted by molar-refractivity contribution is 5.73. The SMILES string of the molecule is Cc1cccc(C)c1Nc1cc(-c2ccncc2)nc(NCC(=O)O)n1. The topological polar surface area (TPSA) is 100 Å². The highest BCUT2D eigenvalue weighted by atomic mass is 16.4. The molecule has 0 saturated carbocycles. The van der Waals surface area contributed by atoms with Gasteiger partial charge in [0.15, 0.2) is 0 Å². The van der Waals surface area contributed by atoms with Crippen molar-refractivity contribution in [1.29, 1.82) is 0 Å². The quantitative estimate of drug-likeness (QED) is 0.627. The van der Waals surface area contributed by atoms with Gasteiger partial charge < -0.3 is 15.7 Å². The zero-order valence-corrected chi connectivity index (χ0v) is 14.5. The van der Waals surface area contributed by atoms with E-state index in [0.29, 0.717) is 11.5 Å². The van der Waals surface area contributed by atoms with Crippen LogP contribution in [0.3, 0.4) is 0 Å². The maximum atomic E-state index is 10.9. The number of aromatic nitrogens is 3. The molecule has 132 valence electrons. The molecule has 3 rings (SSSR count). The Morgan fingerprint density at radius 1 is 1.08 bits per heavy atom. The molecule has 2 aromatic heterocycles. The minimum atomic E-state index is -0.979. The molecule has 0 aliphatic carbocycles. The maximum absolute atomic E-state index is 10.9. The third kappa shape index (κ3) is 4.13. The van der Waals surface area contributed by atoms with Crippen LogP contribution in [0.25, 0.3) is 11.3 Å². The summed E-state index contributed by atoms with van der Waals surface area (Å²) in [6, 6.07) is 11.5. The highest BCUT2D eigenvalue weighted by Gasteiger charge is 2.10. The van der Waals surface area contributed by atoms with Gasteiger partial charge in [0, 0.05) is 29.7 Å². The van der Waals surface area contributed by atoms with E-state index in [9.17, 15) is 4.79 Å². The summed E-state index contributed by atoms with van der Waals surface area (Å²) in [6.45, 7) is 3.77. The normalized spacial score (nSPS) is 10.4. The summed E-state index contributed by atoms with van der Waals surface area (Å²) in [4.78, 5) is 23.7. The summed E-state index contributed by atoms with van der Waals surface area (Å²) in [6.07, 6.45) is 3.36. The van der Waals surface area contributed by atoms with Crippen LogP contribution >= 0.6 is 0 Å². The van der Waals surface area contributed by atoms with Crippen LogP contribution in [0, 0.1) is 13.8 Å². The second-order valence-electron chi connectivity index (χ2n) is 5.84. The van der Waals surface area contributed by atoms with Gasteiger partial charge >= 0.3 is 5.97 Å². The van der Waals surface area contributed by atoms with Crippen LogP contribution < -0.4 is 10.6 Å². The van der Waals surface area contributed by atoms with E-state index in [-0.39, 0.29) is 12.5 Å². The monoisotopic (exact) mass is 349 g/mol. The lowest BCUT2D eigenvalue weighted by Crippen LogP contribution is -2.15. The number of nitrogens with zero attached hydrogens (tertiary/aromatic N) is 3. The first-order valence-electron chi connectivity index (χ1n) is 8.11. The van der Waals surface area contributed by atoms with E-state index in [1.165, 1.54) is 0 Å². The second-order valence-corrected chi connectivity index (χ2v) is 5.84. The first-order valence-corrected chi connectivity index (χ1v) is 8.11. The van der Waals surface area contributed by atoms with Crippen molar-refractivity contribution >= 4 is 23.4 Å². The summed E-state index contributed by atoms with van der Waals surface area (Å²) in [7, 11) is 0. The number of para-hydroxylation sites is 1. The van der Waals surface area contributed by atoms with E-state index in [1.54, 1.807) is 12.4 Å². The lowest BCUT2D eigenvalue weighted by Gasteiger charge is -2.14. The fraction of sp³-hybridized carbons (Fsp3) is 0.158. The van der Waals surface area contributed by atoms with Crippen LogP contribution in [0.2, 0.25) is 0 Å². The molecule has 0 radical (unpaired) electrons. The van der Waals surface area contributed by atoms with Crippen molar-refractivity contribution in [2.45, 2.75) is 13.8 Å². The molecule has 0 fully saturated rings. The first kappa shape index (κ1) is 17.3. The largest absolute Gasteiger partial charge is 0.480 e. The minimum Gasteiger partial charge on any atom is -0.480 e. The lowest BCUT2D eigenvalue weighted by molar-refractivity contribution is -0.134. The van der Waals surface area contributed by atoms with Crippen LogP contribution in [-0.4, -0.2) is 32.6 Å². The molecule has 0 amide bonds. The van der Waals surface area contributed by atoms with Gasteiger partial charge in [-0.05, 0) is 37.1 Å². The Kier molecular flexibility index (Phi) is 5.07. The van der Waals surface area contributed by atoms with Gasteiger partial charge in [-0.15, -0.1) is 0 Å². The molecule has 0 bridgehead atoms. The fourth-order valence-electron chi connectivity index (χ4n) is 2.56. The van der Waals surface area contributed by atoms with Crippen molar-refractivity contribution < 1.29 is 9.90 Å². The van der Waals surface area contributed by atoms with Crippen LogP contribution in [0.5, 0.6) is 0 Å². The van der Waals surface area contributed by atoms with E-state index in [2.05, 4.69) is 25.6 Å². The number of aryl methyl sites for hydroxylation is 2. The van der Waals surface area contributed by atoms with Gasteiger partial charge in [-0.1, -0.05) is 18.2 Å². The van der Waals surface area contributed by atoms with E-state index >= 15 is 0 Å². The number of hydrogen-bond acceptors (Lipinski definition) is 6. The molecule has 1 aromatic carbocycles. The molecule has 0 unspecified atom stereocenters. The van der Waals surface area contributed by atoms with Crippen molar-refractivity contribution in [1.82, 2.24) is 15.0 Å². The molecule has 7 nitrogen and oxygen atoms in total. The third-order valence-electron chi connectivity index (χ3n) is 3.83. The number of anilines is 3. The zero-order chi connectivity index (χ0) is 18.5. The van der Waals surface area contributed by atoms with E-state index in [0.717, 1.165) is 22.4 Å². The molecule has 2 heterocycles.